The van der Waals surface area contributed by atoms with Gasteiger partial charge in [-0.05, 0) is 31.2 Å². The highest BCUT2D eigenvalue weighted by Crippen LogP contribution is 2.29. The van der Waals surface area contributed by atoms with Gasteiger partial charge in [0.05, 0.1) is 23.9 Å². The van der Waals surface area contributed by atoms with Crippen molar-refractivity contribution < 1.29 is 4.74 Å². The summed E-state index contributed by atoms with van der Waals surface area (Å²) in [7, 11) is 1.69. The number of nitrogens with zero attached hydrogens (tertiary/aromatic N) is 1. The summed E-state index contributed by atoms with van der Waals surface area (Å²) in [5.74, 6) is 0.859. The van der Waals surface area contributed by atoms with Gasteiger partial charge in [-0.1, -0.05) is 36.7 Å². The lowest BCUT2D eigenvalue weighted by molar-refractivity contribution is 0.403. The minimum Gasteiger partial charge on any atom is -0.496 e. The second-order valence-electron chi connectivity index (χ2n) is 4.53. The molecule has 1 N–H and O–H groups in total. The molecule has 1 atom stereocenters. The minimum atomic E-state index is 0.00312. The molecule has 1 unspecified atom stereocenters. The number of methoxy groups -OCH3 is 1. The number of pyridine rings is 1. The Kier molecular flexibility index (Phi) is 5.39. The maximum absolute atomic E-state index is 5.92. The summed E-state index contributed by atoms with van der Waals surface area (Å²) in [6.07, 6.45) is 2.73. The van der Waals surface area contributed by atoms with E-state index in [1.165, 1.54) is 0 Å². The molecular formula is C16H19ClN2O. The zero-order valence-electron chi connectivity index (χ0n) is 11.8. The first kappa shape index (κ1) is 14.8. The van der Waals surface area contributed by atoms with Crippen molar-refractivity contribution in [2.75, 3.05) is 13.7 Å². The van der Waals surface area contributed by atoms with Gasteiger partial charge in [-0.15, -0.1) is 0 Å². The van der Waals surface area contributed by atoms with Crippen LogP contribution in [-0.4, -0.2) is 18.6 Å². The first-order valence-electron chi connectivity index (χ1n) is 6.74. The van der Waals surface area contributed by atoms with Crippen LogP contribution >= 0.6 is 11.6 Å². The van der Waals surface area contributed by atoms with Crippen LogP contribution < -0.4 is 10.1 Å². The van der Waals surface area contributed by atoms with E-state index in [0.717, 1.165) is 30.0 Å². The Morgan fingerprint density at radius 1 is 1.25 bits per heavy atom. The van der Waals surface area contributed by atoms with E-state index in [1.807, 2.05) is 30.3 Å². The van der Waals surface area contributed by atoms with E-state index in [9.17, 15) is 0 Å². The third-order valence-corrected chi connectivity index (χ3v) is 3.32. The average molecular weight is 291 g/mol. The lowest BCUT2D eigenvalue weighted by atomic mass is 10.0. The van der Waals surface area contributed by atoms with Gasteiger partial charge < -0.3 is 10.1 Å². The zero-order valence-corrected chi connectivity index (χ0v) is 12.5. The van der Waals surface area contributed by atoms with Crippen molar-refractivity contribution in [3.05, 3.63) is 58.9 Å². The Morgan fingerprint density at radius 3 is 2.70 bits per heavy atom. The van der Waals surface area contributed by atoms with Gasteiger partial charge in [-0.25, -0.2) is 0 Å². The van der Waals surface area contributed by atoms with Crippen molar-refractivity contribution in [2.24, 2.45) is 0 Å². The number of rotatable bonds is 6. The quantitative estimate of drug-likeness (QED) is 0.878. The maximum atomic E-state index is 5.92. The van der Waals surface area contributed by atoms with E-state index in [2.05, 4.69) is 23.3 Å². The first-order chi connectivity index (χ1) is 9.76. The summed E-state index contributed by atoms with van der Waals surface area (Å²) in [6.45, 7) is 3.05. The Morgan fingerprint density at radius 2 is 2.05 bits per heavy atom. The number of benzene rings is 1. The number of nitrogens with one attached hydrogen (secondary N) is 1. The van der Waals surface area contributed by atoms with Crippen LogP contribution in [0.15, 0.2) is 42.6 Å². The molecule has 2 aromatic rings. The van der Waals surface area contributed by atoms with Crippen molar-refractivity contribution in [1.29, 1.82) is 0 Å². The molecule has 0 aliphatic heterocycles. The van der Waals surface area contributed by atoms with Gasteiger partial charge in [0, 0.05) is 11.8 Å². The summed E-state index contributed by atoms with van der Waals surface area (Å²) < 4.78 is 5.46. The summed E-state index contributed by atoms with van der Waals surface area (Å²) >= 11 is 5.92. The number of hydrogen-bond acceptors (Lipinski definition) is 3. The highest BCUT2D eigenvalue weighted by molar-refractivity contribution is 6.30. The monoisotopic (exact) mass is 290 g/mol. The van der Waals surface area contributed by atoms with E-state index < -0.39 is 0 Å². The third kappa shape index (κ3) is 3.50. The Bertz CT molecular complexity index is 542. The Labute approximate surface area is 124 Å². The van der Waals surface area contributed by atoms with Crippen molar-refractivity contribution in [3.8, 4) is 5.75 Å². The predicted octanol–water partition coefficient (Wildman–Crippen LogP) is 3.83. The van der Waals surface area contributed by atoms with Gasteiger partial charge in [-0.3, -0.25) is 4.98 Å². The van der Waals surface area contributed by atoms with Crippen LogP contribution in [0, 0.1) is 0 Å². The molecule has 3 nitrogen and oxygen atoms in total. The molecule has 0 amide bonds. The SMILES string of the molecule is CCCNC(c1ccc(Cl)cn1)c1ccccc1OC. The Hall–Kier alpha value is -1.58. The minimum absolute atomic E-state index is 0.00312. The maximum Gasteiger partial charge on any atom is 0.124 e. The second-order valence-corrected chi connectivity index (χ2v) is 4.97. The number of ether oxygens (including phenoxy) is 1. The fourth-order valence-corrected chi connectivity index (χ4v) is 2.24. The number of aromatic nitrogens is 1. The highest BCUT2D eigenvalue weighted by Gasteiger charge is 2.18. The van der Waals surface area contributed by atoms with E-state index in [1.54, 1.807) is 13.3 Å². The number of para-hydroxylation sites is 1. The molecule has 0 fully saturated rings. The summed E-state index contributed by atoms with van der Waals surface area (Å²) in [5, 5.41) is 4.15. The van der Waals surface area contributed by atoms with Crippen molar-refractivity contribution in [3.63, 3.8) is 0 Å². The molecular weight excluding hydrogens is 272 g/mol. The van der Waals surface area contributed by atoms with E-state index in [0.29, 0.717) is 5.02 Å². The first-order valence-corrected chi connectivity index (χ1v) is 7.11. The lowest BCUT2D eigenvalue weighted by Crippen LogP contribution is -2.24. The number of hydrogen-bond donors (Lipinski definition) is 1. The smallest absolute Gasteiger partial charge is 0.124 e. The molecule has 2 rings (SSSR count). The molecule has 0 spiro atoms. The molecule has 106 valence electrons. The van der Waals surface area contributed by atoms with Crippen LogP contribution in [0.5, 0.6) is 5.75 Å². The molecule has 1 heterocycles. The van der Waals surface area contributed by atoms with Crippen LogP contribution in [-0.2, 0) is 0 Å². The fraction of sp³-hybridized carbons (Fsp3) is 0.312. The predicted molar refractivity (Wildman–Crippen MR) is 82.4 cm³/mol. The van der Waals surface area contributed by atoms with E-state index >= 15 is 0 Å². The standard InChI is InChI=1S/C16H19ClN2O/c1-3-10-18-16(14-9-8-12(17)11-19-14)13-6-4-5-7-15(13)20-2/h4-9,11,16,18H,3,10H2,1-2H3. The van der Waals surface area contributed by atoms with E-state index in [4.69, 9.17) is 16.3 Å². The summed E-state index contributed by atoms with van der Waals surface area (Å²) in [4.78, 5) is 4.43. The molecule has 0 aliphatic rings. The van der Waals surface area contributed by atoms with Gasteiger partial charge in [0.2, 0.25) is 0 Å². The van der Waals surface area contributed by atoms with Crippen molar-refractivity contribution in [2.45, 2.75) is 19.4 Å². The van der Waals surface area contributed by atoms with Gasteiger partial charge in [0.15, 0.2) is 0 Å². The second kappa shape index (κ2) is 7.27. The van der Waals surface area contributed by atoms with Crippen LogP contribution in [0.4, 0.5) is 0 Å². The lowest BCUT2D eigenvalue weighted by Gasteiger charge is -2.20. The topological polar surface area (TPSA) is 34.2 Å². The summed E-state index contributed by atoms with van der Waals surface area (Å²) in [6, 6.07) is 11.8. The van der Waals surface area contributed by atoms with Crippen molar-refractivity contribution >= 4 is 11.6 Å². The van der Waals surface area contributed by atoms with Crippen LogP contribution in [0.1, 0.15) is 30.6 Å². The average Bonchev–Trinajstić information content (AvgIpc) is 2.50. The molecule has 0 saturated heterocycles. The largest absolute Gasteiger partial charge is 0.496 e. The van der Waals surface area contributed by atoms with Crippen LogP contribution in [0.3, 0.4) is 0 Å². The molecule has 20 heavy (non-hydrogen) atoms. The van der Waals surface area contributed by atoms with Crippen LogP contribution in [0.2, 0.25) is 5.02 Å². The van der Waals surface area contributed by atoms with Gasteiger partial charge in [0.1, 0.15) is 5.75 Å². The molecule has 4 heteroatoms. The molecule has 0 bridgehead atoms. The molecule has 1 aromatic heterocycles. The highest BCUT2D eigenvalue weighted by atomic mass is 35.5. The van der Waals surface area contributed by atoms with Gasteiger partial charge >= 0.3 is 0 Å². The molecule has 0 saturated carbocycles. The van der Waals surface area contributed by atoms with Crippen molar-refractivity contribution in [1.82, 2.24) is 10.3 Å². The fourth-order valence-electron chi connectivity index (χ4n) is 2.13. The molecule has 0 radical (unpaired) electrons. The molecule has 0 aliphatic carbocycles. The molecule has 1 aromatic carbocycles. The van der Waals surface area contributed by atoms with E-state index in [-0.39, 0.29) is 6.04 Å². The third-order valence-electron chi connectivity index (χ3n) is 3.09. The zero-order chi connectivity index (χ0) is 14.4. The van der Waals surface area contributed by atoms with Gasteiger partial charge in [0.25, 0.3) is 0 Å². The summed E-state index contributed by atoms with van der Waals surface area (Å²) in [5.41, 5.74) is 2.02. The number of halogens is 1. The van der Waals surface area contributed by atoms with Crippen LogP contribution in [0.25, 0.3) is 0 Å². The van der Waals surface area contributed by atoms with Gasteiger partial charge in [-0.2, -0.15) is 0 Å². The Balaban J connectivity index is 2.38. The normalized spacial score (nSPS) is 12.2.